The van der Waals surface area contributed by atoms with Crippen LogP contribution in [0.2, 0.25) is 5.02 Å². The van der Waals surface area contributed by atoms with Crippen molar-refractivity contribution in [2.24, 2.45) is 5.92 Å². The summed E-state index contributed by atoms with van der Waals surface area (Å²) in [6, 6.07) is 7.77. The number of nitrogens with zero attached hydrogens (tertiary/aromatic N) is 3. The lowest BCUT2D eigenvalue weighted by atomic mass is 9.81. The summed E-state index contributed by atoms with van der Waals surface area (Å²) in [7, 11) is 0. The molecule has 4 N–H and O–H groups in total. The first-order valence-corrected chi connectivity index (χ1v) is 10.0. The first-order chi connectivity index (χ1) is 14.0. The number of aromatic amines is 1. The van der Waals surface area contributed by atoms with E-state index < -0.39 is 5.97 Å². The van der Waals surface area contributed by atoms with E-state index in [4.69, 9.17) is 22.3 Å². The SMILES string of the molecule is Nc1nccn2c1c(-c1cc3cccc(Cl)c3[nH]1)nc2[C@H]1CC[C@H](C(=O)O)CC1. The Morgan fingerprint density at radius 3 is 2.79 bits per heavy atom. The third-order valence-electron chi connectivity index (χ3n) is 5.91. The average molecular weight is 410 g/mol. The number of benzene rings is 1. The minimum Gasteiger partial charge on any atom is -0.481 e. The van der Waals surface area contributed by atoms with Gasteiger partial charge in [-0.15, -0.1) is 0 Å². The van der Waals surface area contributed by atoms with E-state index in [0.29, 0.717) is 23.7 Å². The highest BCUT2D eigenvalue weighted by molar-refractivity contribution is 6.35. The van der Waals surface area contributed by atoms with Crippen LogP contribution in [-0.4, -0.2) is 30.4 Å². The predicted molar refractivity (Wildman–Crippen MR) is 112 cm³/mol. The van der Waals surface area contributed by atoms with Gasteiger partial charge in [-0.1, -0.05) is 23.7 Å². The molecule has 1 aromatic carbocycles. The standard InChI is InChI=1S/C21H20ClN5O2/c22-14-3-1-2-13-10-15(25-16(13)14)17-18-19(23)24-8-9-27(18)20(26-17)11-4-6-12(7-5-11)21(28)29/h1-3,8-12,25H,4-7H2,(H2,23,24)(H,28,29)/t11-,12-. The second kappa shape index (κ2) is 6.77. The number of hydrogen-bond donors (Lipinski definition) is 3. The van der Waals surface area contributed by atoms with Crippen LogP contribution in [0.15, 0.2) is 36.7 Å². The maximum absolute atomic E-state index is 11.3. The molecule has 1 fully saturated rings. The lowest BCUT2D eigenvalue weighted by Gasteiger charge is -2.25. The fourth-order valence-corrected chi connectivity index (χ4v) is 4.64. The van der Waals surface area contributed by atoms with Gasteiger partial charge < -0.3 is 15.8 Å². The lowest BCUT2D eigenvalue weighted by molar-refractivity contribution is -0.142. The number of H-pyrrole nitrogens is 1. The zero-order valence-corrected chi connectivity index (χ0v) is 16.4. The number of rotatable bonds is 3. The van der Waals surface area contributed by atoms with E-state index in [1.165, 1.54) is 0 Å². The molecule has 0 spiro atoms. The van der Waals surface area contributed by atoms with E-state index >= 15 is 0 Å². The van der Waals surface area contributed by atoms with Crippen molar-refractivity contribution in [2.45, 2.75) is 31.6 Å². The first-order valence-electron chi connectivity index (χ1n) is 9.65. The zero-order valence-electron chi connectivity index (χ0n) is 15.6. The Labute approximate surface area is 171 Å². The summed E-state index contributed by atoms with van der Waals surface area (Å²) in [5, 5.41) is 10.9. The zero-order chi connectivity index (χ0) is 20.1. The van der Waals surface area contributed by atoms with Gasteiger partial charge in [0.1, 0.15) is 22.9 Å². The Balaban J connectivity index is 1.63. The van der Waals surface area contributed by atoms with E-state index in [1.807, 2.05) is 34.9 Å². The van der Waals surface area contributed by atoms with Crippen LogP contribution in [0.25, 0.3) is 27.8 Å². The highest BCUT2D eigenvalue weighted by Crippen LogP contribution is 2.39. The minimum absolute atomic E-state index is 0.182. The number of hydrogen-bond acceptors (Lipinski definition) is 4. The Bertz CT molecular complexity index is 1240. The smallest absolute Gasteiger partial charge is 0.306 e. The van der Waals surface area contributed by atoms with Crippen molar-refractivity contribution in [2.75, 3.05) is 5.73 Å². The minimum atomic E-state index is -0.708. The number of fused-ring (bicyclic) bond motifs is 2. The molecule has 3 heterocycles. The van der Waals surface area contributed by atoms with Crippen LogP contribution in [0.3, 0.4) is 0 Å². The van der Waals surface area contributed by atoms with Crippen molar-refractivity contribution in [1.29, 1.82) is 0 Å². The van der Waals surface area contributed by atoms with Gasteiger partial charge in [0.05, 0.1) is 22.2 Å². The van der Waals surface area contributed by atoms with Gasteiger partial charge >= 0.3 is 5.97 Å². The summed E-state index contributed by atoms with van der Waals surface area (Å²) >= 11 is 6.33. The third kappa shape index (κ3) is 2.93. The molecule has 148 valence electrons. The largest absolute Gasteiger partial charge is 0.481 e. The molecule has 29 heavy (non-hydrogen) atoms. The van der Waals surface area contributed by atoms with E-state index in [-0.39, 0.29) is 11.8 Å². The van der Waals surface area contributed by atoms with Crippen LogP contribution in [0.5, 0.6) is 0 Å². The monoisotopic (exact) mass is 409 g/mol. The number of aliphatic carboxylic acids is 1. The van der Waals surface area contributed by atoms with E-state index in [2.05, 4.69) is 9.97 Å². The Morgan fingerprint density at radius 1 is 1.28 bits per heavy atom. The molecule has 0 radical (unpaired) electrons. The number of carboxylic acids is 1. The average Bonchev–Trinajstić information content (AvgIpc) is 3.31. The normalized spacial score (nSPS) is 19.8. The Morgan fingerprint density at radius 2 is 2.07 bits per heavy atom. The molecule has 0 saturated heterocycles. The number of halogens is 1. The number of imidazole rings is 1. The number of carboxylic acid groups (broad SMARTS) is 1. The number of nitrogen functional groups attached to an aromatic ring is 1. The van der Waals surface area contributed by atoms with Crippen molar-refractivity contribution in [1.82, 2.24) is 19.4 Å². The van der Waals surface area contributed by atoms with Crippen molar-refractivity contribution >= 4 is 39.8 Å². The summed E-state index contributed by atoms with van der Waals surface area (Å²) < 4.78 is 2.00. The summed E-state index contributed by atoms with van der Waals surface area (Å²) in [5.41, 5.74) is 9.41. The molecule has 0 unspecified atom stereocenters. The Kier molecular flexibility index (Phi) is 4.20. The quantitative estimate of drug-likeness (QED) is 0.462. The van der Waals surface area contributed by atoms with Crippen molar-refractivity contribution in [3.8, 4) is 11.4 Å². The number of para-hydroxylation sites is 1. The van der Waals surface area contributed by atoms with Crippen LogP contribution >= 0.6 is 11.6 Å². The van der Waals surface area contributed by atoms with Gasteiger partial charge in [0.2, 0.25) is 0 Å². The maximum Gasteiger partial charge on any atom is 0.306 e. The maximum atomic E-state index is 11.3. The van der Waals surface area contributed by atoms with Gasteiger partial charge in [0.15, 0.2) is 0 Å². The summed E-state index contributed by atoms with van der Waals surface area (Å²) in [6.07, 6.45) is 6.44. The van der Waals surface area contributed by atoms with Crippen LogP contribution in [0, 0.1) is 5.92 Å². The molecule has 0 bridgehead atoms. The first kappa shape index (κ1) is 18.0. The van der Waals surface area contributed by atoms with Gasteiger partial charge in [-0.05, 0) is 37.8 Å². The molecule has 1 aliphatic carbocycles. The topological polar surface area (TPSA) is 109 Å². The molecule has 7 nitrogen and oxygen atoms in total. The molecular formula is C21H20ClN5O2. The molecule has 8 heteroatoms. The van der Waals surface area contributed by atoms with E-state index in [9.17, 15) is 9.90 Å². The summed E-state index contributed by atoms with van der Waals surface area (Å²) in [4.78, 5) is 23.9. The number of nitrogens with one attached hydrogen (secondary N) is 1. The fourth-order valence-electron chi connectivity index (χ4n) is 4.41. The molecule has 1 aliphatic rings. The molecule has 4 aromatic rings. The van der Waals surface area contributed by atoms with E-state index in [0.717, 1.165) is 46.5 Å². The van der Waals surface area contributed by atoms with E-state index in [1.54, 1.807) is 6.20 Å². The molecule has 0 atom stereocenters. The second-order valence-electron chi connectivity index (χ2n) is 7.62. The number of aromatic nitrogens is 4. The van der Waals surface area contributed by atoms with Gasteiger partial charge in [-0.25, -0.2) is 9.97 Å². The summed E-state index contributed by atoms with van der Waals surface area (Å²) in [5.74, 6) is 0.518. The van der Waals surface area contributed by atoms with Crippen LogP contribution < -0.4 is 5.73 Å². The molecule has 5 rings (SSSR count). The Hall–Kier alpha value is -3.06. The third-order valence-corrected chi connectivity index (χ3v) is 6.23. The van der Waals surface area contributed by atoms with Gasteiger partial charge in [-0.2, -0.15) is 0 Å². The van der Waals surface area contributed by atoms with Gasteiger partial charge in [0, 0.05) is 23.7 Å². The van der Waals surface area contributed by atoms with Crippen molar-refractivity contribution < 1.29 is 9.90 Å². The van der Waals surface area contributed by atoms with Gasteiger partial charge in [0.25, 0.3) is 0 Å². The number of carbonyl (C=O) groups is 1. The van der Waals surface area contributed by atoms with Crippen molar-refractivity contribution in [3.05, 3.63) is 47.5 Å². The second-order valence-corrected chi connectivity index (χ2v) is 8.03. The highest BCUT2D eigenvalue weighted by Gasteiger charge is 2.30. The predicted octanol–water partition coefficient (Wildman–Crippen LogP) is 4.47. The number of anilines is 1. The lowest BCUT2D eigenvalue weighted by Crippen LogP contribution is -2.21. The van der Waals surface area contributed by atoms with Gasteiger partial charge in [-0.3, -0.25) is 9.20 Å². The van der Waals surface area contributed by atoms with Crippen LogP contribution in [0.4, 0.5) is 5.82 Å². The molecular weight excluding hydrogens is 390 g/mol. The van der Waals surface area contributed by atoms with Crippen LogP contribution in [-0.2, 0) is 4.79 Å². The van der Waals surface area contributed by atoms with Crippen LogP contribution in [0.1, 0.15) is 37.4 Å². The number of nitrogens with two attached hydrogens (primary N) is 1. The molecule has 1 saturated carbocycles. The fraction of sp³-hybridized carbons (Fsp3) is 0.286. The molecule has 0 aliphatic heterocycles. The van der Waals surface area contributed by atoms with Crippen molar-refractivity contribution in [3.63, 3.8) is 0 Å². The molecule has 3 aromatic heterocycles. The molecule has 0 amide bonds. The highest BCUT2D eigenvalue weighted by atomic mass is 35.5. The summed E-state index contributed by atoms with van der Waals surface area (Å²) in [6.45, 7) is 0.